The molecule has 1 aromatic heterocycles. The van der Waals surface area contributed by atoms with Gasteiger partial charge in [0.25, 0.3) is 0 Å². The molecule has 0 saturated heterocycles. The van der Waals surface area contributed by atoms with E-state index in [-0.39, 0.29) is 0 Å². The fourth-order valence-corrected chi connectivity index (χ4v) is 2.15. The summed E-state index contributed by atoms with van der Waals surface area (Å²) in [6, 6.07) is 22.0. The lowest BCUT2D eigenvalue weighted by molar-refractivity contribution is 1.03. The molecule has 0 amide bonds. The van der Waals surface area contributed by atoms with E-state index >= 15 is 0 Å². The van der Waals surface area contributed by atoms with Gasteiger partial charge in [0.15, 0.2) is 0 Å². The van der Waals surface area contributed by atoms with Gasteiger partial charge in [-0.25, -0.2) is 4.98 Å². The molecular formula is C18H19N5. The Hall–Kier alpha value is -3.08. The minimum atomic E-state index is 0.603. The van der Waals surface area contributed by atoms with Crippen LogP contribution in [-0.4, -0.2) is 9.97 Å². The zero-order chi connectivity index (χ0) is 15.9. The predicted molar refractivity (Wildman–Crippen MR) is 94.2 cm³/mol. The average molecular weight is 305 g/mol. The molecule has 0 aliphatic rings. The summed E-state index contributed by atoms with van der Waals surface area (Å²) in [4.78, 5) is 8.88. The smallest absolute Gasteiger partial charge is 0.225 e. The minimum Gasteiger partial charge on any atom is -0.350 e. The highest BCUT2D eigenvalue weighted by Gasteiger charge is 2.02. The number of hydrogen-bond acceptors (Lipinski definition) is 5. The molecule has 0 radical (unpaired) electrons. The van der Waals surface area contributed by atoms with Crippen LogP contribution in [-0.2, 0) is 6.54 Å². The lowest BCUT2D eigenvalue weighted by Crippen LogP contribution is -2.12. The molecule has 0 aliphatic carbocycles. The van der Waals surface area contributed by atoms with Crippen LogP contribution in [0.15, 0.2) is 66.7 Å². The molecule has 0 bridgehead atoms. The second kappa shape index (κ2) is 7.26. The molecule has 0 fully saturated rings. The molecule has 116 valence electrons. The number of para-hydroxylation sites is 1. The van der Waals surface area contributed by atoms with Crippen molar-refractivity contribution in [2.75, 3.05) is 16.2 Å². The van der Waals surface area contributed by atoms with Crippen molar-refractivity contribution < 1.29 is 0 Å². The summed E-state index contributed by atoms with van der Waals surface area (Å²) in [7, 11) is 0. The molecule has 0 aliphatic heterocycles. The Labute approximate surface area is 135 Å². The Bertz CT molecular complexity index is 682. The third-order valence-corrected chi connectivity index (χ3v) is 3.26. The minimum absolute atomic E-state index is 0.603. The zero-order valence-electron chi connectivity index (χ0n) is 13.0. The van der Waals surface area contributed by atoms with Gasteiger partial charge in [0.05, 0.1) is 5.69 Å². The van der Waals surface area contributed by atoms with Gasteiger partial charge in [-0.3, -0.25) is 10.9 Å². The first-order valence-electron chi connectivity index (χ1n) is 7.50. The monoisotopic (exact) mass is 305 g/mol. The van der Waals surface area contributed by atoms with Crippen LogP contribution in [0.5, 0.6) is 0 Å². The highest BCUT2D eigenvalue weighted by Crippen LogP contribution is 2.12. The fraction of sp³-hybridized carbons (Fsp3) is 0.111. The summed E-state index contributed by atoms with van der Waals surface area (Å²) in [5, 5.41) is 3.25. The van der Waals surface area contributed by atoms with E-state index in [0.29, 0.717) is 12.5 Å². The molecule has 0 spiro atoms. The van der Waals surface area contributed by atoms with Gasteiger partial charge in [-0.05, 0) is 24.6 Å². The number of anilines is 3. The van der Waals surface area contributed by atoms with E-state index in [4.69, 9.17) is 0 Å². The molecule has 3 rings (SSSR count). The number of aromatic nitrogens is 2. The molecular weight excluding hydrogens is 286 g/mol. The number of hydrazine groups is 1. The van der Waals surface area contributed by atoms with E-state index in [1.807, 2.05) is 61.5 Å². The maximum absolute atomic E-state index is 4.47. The largest absolute Gasteiger partial charge is 0.350 e. The molecule has 0 atom stereocenters. The maximum atomic E-state index is 4.47. The van der Waals surface area contributed by atoms with Gasteiger partial charge in [0.1, 0.15) is 5.82 Å². The summed E-state index contributed by atoms with van der Waals surface area (Å²) in [5.74, 6) is 1.32. The van der Waals surface area contributed by atoms with Gasteiger partial charge in [-0.1, -0.05) is 48.5 Å². The van der Waals surface area contributed by atoms with E-state index in [2.05, 4.69) is 38.3 Å². The lowest BCUT2D eigenvalue weighted by atomic mass is 10.2. The Balaban J connectivity index is 1.64. The molecule has 0 unspecified atom stereocenters. The Morgan fingerprint density at radius 2 is 1.52 bits per heavy atom. The van der Waals surface area contributed by atoms with Crippen molar-refractivity contribution >= 4 is 17.5 Å². The average Bonchev–Trinajstić information content (AvgIpc) is 2.60. The van der Waals surface area contributed by atoms with Crippen molar-refractivity contribution in [2.45, 2.75) is 13.5 Å². The maximum Gasteiger partial charge on any atom is 0.225 e. The highest BCUT2D eigenvalue weighted by molar-refractivity contribution is 5.50. The quantitative estimate of drug-likeness (QED) is 0.604. The van der Waals surface area contributed by atoms with Crippen LogP contribution in [0.2, 0.25) is 0 Å². The predicted octanol–water partition coefficient (Wildman–Crippen LogP) is 3.84. The molecule has 1 heterocycles. The van der Waals surface area contributed by atoms with Crippen LogP contribution in [0, 0.1) is 6.92 Å². The number of nitrogens with one attached hydrogen (secondary N) is 3. The van der Waals surface area contributed by atoms with Crippen LogP contribution in [0.3, 0.4) is 0 Å². The van der Waals surface area contributed by atoms with Crippen LogP contribution in [0.1, 0.15) is 11.3 Å². The molecule has 5 nitrogen and oxygen atoms in total. The Morgan fingerprint density at radius 3 is 2.26 bits per heavy atom. The molecule has 3 aromatic rings. The van der Waals surface area contributed by atoms with Crippen molar-refractivity contribution in [3.63, 3.8) is 0 Å². The fourth-order valence-electron chi connectivity index (χ4n) is 2.15. The number of rotatable bonds is 6. The lowest BCUT2D eigenvalue weighted by Gasteiger charge is -2.11. The summed E-state index contributed by atoms with van der Waals surface area (Å²) in [6.45, 7) is 2.64. The van der Waals surface area contributed by atoms with Gasteiger partial charge in [-0.2, -0.15) is 4.98 Å². The van der Waals surface area contributed by atoms with Gasteiger partial charge < -0.3 is 5.32 Å². The number of hydrogen-bond donors (Lipinski definition) is 3. The second-order valence-corrected chi connectivity index (χ2v) is 5.17. The highest BCUT2D eigenvalue weighted by atomic mass is 15.4. The van der Waals surface area contributed by atoms with E-state index in [1.54, 1.807) is 0 Å². The molecule has 5 heteroatoms. The number of aryl methyl sites for hydroxylation is 1. The first kappa shape index (κ1) is 14.8. The molecule has 3 N–H and O–H groups in total. The van der Waals surface area contributed by atoms with E-state index < -0.39 is 0 Å². The topological polar surface area (TPSA) is 61.9 Å². The van der Waals surface area contributed by atoms with Crippen molar-refractivity contribution in [2.24, 2.45) is 0 Å². The third-order valence-electron chi connectivity index (χ3n) is 3.26. The summed E-state index contributed by atoms with van der Waals surface area (Å²) < 4.78 is 0. The van der Waals surface area contributed by atoms with Gasteiger partial charge in [-0.15, -0.1) is 0 Å². The number of nitrogens with zero attached hydrogens (tertiary/aromatic N) is 2. The number of benzene rings is 2. The van der Waals surface area contributed by atoms with Gasteiger partial charge in [0.2, 0.25) is 5.95 Å². The Morgan fingerprint density at radius 1 is 0.826 bits per heavy atom. The normalized spacial score (nSPS) is 10.1. The van der Waals surface area contributed by atoms with E-state index in [1.165, 1.54) is 5.56 Å². The Kier molecular flexibility index (Phi) is 4.69. The summed E-state index contributed by atoms with van der Waals surface area (Å²) >= 11 is 0. The van der Waals surface area contributed by atoms with Crippen molar-refractivity contribution in [1.29, 1.82) is 0 Å². The van der Waals surface area contributed by atoms with E-state index in [9.17, 15) is 0 Å². The first-order valence-corrected chi connectivity index (χ1v) is 7.50. The molecule has 23 heavy (non-hydrogen) atoms. The summed E-state index contributed by atoms with van der Waals surface area (Å²) in [6.07, 6.45) is 0. The van der Waals surface area contributed by atoms with Crippen molar-refractivity contribution in [3.8, 4) is 0 Å². The SMILES string of the molecule is Cc1cc(NNc2ccccc2)nc(NCc2ccccc2)n1. The summed E-state index contributed by atoms with van der Waals surface area (Å²) in [5.41, 5.74) is 9.28. The molecule has 2 aromatic carbocycles. The van der Waals surface area contributed by atoms with Crippen molar-refractivity contribution in [1.82, 2.24) is 9.97 Å². The van der Waals surface area contributed by atoms with Gasteiger partial charge >= 0.3 is 0 Å². The van der Waals surface area contributed by atoms with Crippen LogP contribution >= 0.6 is 0 Å². The van der Waals surface area contributed by atoms with E-state index in [0.717, 1.165) is 17.2 Å². The van der Waals surface area contributed by atoms with Crippen molar-refractivity contribution in [3.05, 3.63) is 78.0 Å². The molecule has 0 saturated carbocycles. The second-order valence-electron chi connectivity index (χ2n) is 5.17. The first-order chi connectivity index (χ1) is 11.3. The van der Waals surface area contributed by atoms with Gasteiger partial charge in [0, 0.05) is 18.3 Å². The van der Waals surface area contributed by atoms with Crippen LogP contribution in [0.4, 0.5) is 17.5 Å². The standard InChI is InChI=1S/C18H19N5/c1-14-12-17(23-22-16-10-6-3-7-11-16)21-18(20-14)19-13-15-8-4-2-5-9-15/h2-12,22H,13H2,1H3,(H2,19,20,21,23). The van der Waals surface area contributed by atoms with Crippen LogP contribution in [0.25, 0.3) is 0 Å². The zero-order valence-corrected chi connectivity index (χ0v) is 13.0. The van der Waals surface area contributed by atoms with Crippen LogP contribution < -0.4 is 16.2 Å². The third kappa shape index (κ3) is 4.44.